The molecule has 0 aliphatic carbocycles. The lowest BCUT2D eigenvalue weighted by molar-refractivity contribution is 0.380. The summed E-state index contributed by atoms with van der Waals surface area (Å²) in [7, 11) is 3.80. The van der Waals surface area contributed by atoms with Gasteiger partial charge in [0.25, 0.3) is 0 Å². The summed E-state index contributed by atoms with van der Waals surface area (Å²) in [6.45, 7) is 7.52. The first-order chi connectivity index (χ1) is 9.60. The summed E-state index contributed by atoms with van der Waals surface area (Å²) in [4.78, 5) is 6.79. The summed E-state index contributed by atoms with van der Waals surface area (Å²) >= 11 is 2.08. The van der Waals surface area contributed by atoms with E-state index in [0.717, 1.165) is 25.6 Å². The van der Waals surface area contributed by atoms with Crippen LogP contribution in [0.2, 0.25) is 0 Å². The van der Waals surface area contributed by atoms with Crippen LogP contribution < -0.4 is 5.32 Å². The van der Waals surface area contributed by atoms with Crippen LogP contribution in [0.25, 0.3) is 0 Å². The van der Waals surface area contributed by atoms with E-state index in [-0.39, 0.29) is 0 Å². The van der Waals surface area contributed by atoms with E-state index in [9.17, 15) is 0 Å². The molecule has 112 valence electrons. The molecule has 0 radical (unpaired) electrons. The van der Waals surface area contributed by atoms with E-state index in [2.05, 4.69) is 45.9 Å². The summed E-state index contributed by atoms with van der Waals surface area (Å²) < 4.78 is 1.83. The third kappa shape index (κ3) is 3.91. The van der Waals surface area contributed by atoms with Crippen LogP contribution in [0.5, 0.6) is 0 Å². The lowest BCUT2D eigenvalue weighted by atomic mass is 10.1. The van der Waals surface area contributed by atoms with Gasteiger partial charge in [-0.15, -0.1) is 0 Å². The number of guanidine groups is 1. The second-order valence-corrected chi connectivity index (χ2v) is 6.87. The summed E-state index contributed by atoms with van der Waals surface area (Å²) in [5, 5.41) is 8.32. The first kappa shape index (κ1) is 15.2. The molecule has 1 aromatic rings. The summed E-state index contributed by atoms with van der Waals surface area (Å²) in [6.07, 6.45) is 3.92. The van der Waals surface area contributed by atoms with Crippen molar-refractivity contribution < 1.29 is 0 Å². The highest BCUT2D eigenvalue weighted by Gasteiger charge is 2.24. The lowest BCUT2D eigenvalue weighted by Gasteiger charge is -2.36. The minimum Gasteiger partial charge on any atom is -0.352 e. The fourth-order valence-electron chi connectivity index (χ4n) is 2.35. The Bertz CT molecular complexity index is 454. The maximum Gasteiger partial charge on any atom is 0.193 e. The quantitative estimate of drug-likeness (QED) is 0.679. The second kappa shape index (κ2) is 7.02. The van der Waals surface area contributed by atoms with Crippen LogP contribution >= 0.6 is 11.8 Å². The fraction of sp³-hybridized carbons (Fsp3) is 0.714. The average Bonchev–Trinajstić information content (AvgIpc) is 2.85. The van der Waals surface area contributed by atoms with Crippen LogP contribution in [-0.2, 0) is 13.6 Å². The number of aryl methyl sites for hydroxylation is 1. The molecule has 0 saturated carbocycles. The van der Waals surface area contributed by atoms with Gasteiger partial charge in [0.15, 0.2) is 5.96 Å². The molecule has 1 fully saturated rings. The van der Waals surface area contributed by atoms with E-state index in [1.54, 1.807) is 0 Å². The SMILES string of the molecule is CN=C(NCc1cnn(C)c1)N1CCSC(C(C)C)C1. The van der Waals surface area contributed by atoms with E-state index in [1.165, 1.54) is 11.3 Å². The van der Waals surface area contributed by atoms with Gasteiger partial charge in [0.05, 0.1) is 6.20 Å². The van der Waals surface area contributed by atoms with Gasteiger partial charge in [-0.25, -0.2) is 0 Å². The van der Waals surface area contributed by atoms with Crippen molar-refractivity contribution in [3.8, 4) is 0 Å². The molecule has 0 amide bonds. The van der Waals surface area contributed by atoms with E-state index in [0.29, 0.717) is 11.2 Å². The molecule has 20 heavy (non-hydrogen) atoms. The molecule has 1 atom stereocenters. The largest absolute Gasteiger partial charge is 0.352 e. The second-order valence-electron chi connectivity index (χ2n) is 5.52. The van der Waals surface area contributed by atoms with E-state index >= 15 is 0 Å². The smallest absolute Gasteiger partial charge is 0.193 e. The van der Waals surface area contributed by atoms with Crippen molar-refractivity contribution in [3.63, 3.8) is 0 Å². The number of hydrogen-bond donors (Lipinski definition) is 1. The minimum atomic E-state index is 0.695. The zero-order chi connectivity index (χ0) is 14.5. The minimum absolute atomic E-state index is 0.695. The number of rotatable bonds is 3. The van der Waals surface area contributed by atoms with Gasteiger partial charge >= 0.3 is 0 Å². The Balaban J connectivity index is 1.91. The lowest BCUT2D eigenvalue weighted by Crippen LogP contribution is -2.48. The third-order valence-electron chi connectivity index (χ3n) is 3.56. The Hall–Kier alpha value is -1.17. The molecule has 1 aromatic heterocycles. The predicted octanol–water partition coefficient (Wildman–Crippen LogP) is 1.57. The normalized spacial score (nSPS) is 20.6. The maximum atomic E-state index is 4.42. The highest BCUT2D eigenvalue weighted by atomic mass is 32.2. The van der Waals surface area contributed by atoms with Crippen LogP contribution in [0.3, 0.4) is 0 Å². The molecule has 2 rings (SSSR count). The maximum absolute atomic E-state index is 4.42. The molecule has 2 heterocycles. The van der Waals surface area contributed by atoms with Crippen molar-refractivity contribution in [1.29, 1.82) is 0 Å². The first-order valence-electron chi connectivity index (χ1n) is 7.15. The zero-order valence-corrected chi connectivity index (χ0v) is 13.7. The summed E-state index contributed by atoms with van der Waals surface area (Å²) in [6, 6.07) is 0. The Morgan fingerprint density at radius 2 is 2.40 bits per heavy atom. The zero-order valence-electron chi connectivity index (χ0n) is 12.8. The molecule has 1 aliphatic rings. The highest BCUT2D eigenvalue weighted by molar-refractivity contribution is 8.00. The van der Waals surface area contributed by atoms with Crippen molar-refractivity contribution in [2.75, 3.05) is 25.9 Å². The molecular weight excluding hydrogens is 270 g/mol. The molecule has 1 saturated heterocycles. The molecular formula is C14H25N5S. The van der Waals surface area contributed by atoms with Gasteiger partial charge in [-0.3, -0.25) is 9.67 Å². The number of thioether (sulfide) groups is 1. The van der Waals surface area contributed by atoms with Crippen LogP contribution in [0.15, 0.2) is 17.4 Å². The number of aliphatic imine (C=N–C) groups is 1. The predicted molar refractivity (Wildman–Crippen MR) is 86.1 cm³/mol. The third-order valence-corrected chi connectivity index (χ3v) is 5.10. The molecule has 0 spiro atoms. The number of hydrogen-bond acceptors (Lipinski definition) is 3. The summed E-state index contributed by atoms with van der Waals surface area (Å²) in [5.74, 6) is 2.88. The molecule has 5 nitrogen and oxygen atoms in total. The van der Waals surface area contributed by atoms with Crippen molar-refractivity contribution in [1.82, 2.24) is 20.0 Å². The molecule has 1 unspecified atom stereocenters. The van der Waals surface area contributed by atoms with Crippen LogP contribution in [0.4, 0.5) is 0 Å². The van der Waals surface area contributed by atoms with Crippen molar-refractivity contribution in [2.24, 2.45) is 18.0 Å². The first-order valence-corrected chi connectivity index (χ1v) is 8.19. The Morgan fingerprint density at radius 1 is 1.60 bits per heavy atom. The number of nitrogens with one attached hydrogen (secondary N) is 1. The average molecular weight is 295 g/mol. The monoisotopic (exact) mass is 295 g/mol. The van der Waals surface area contributed by atoms with Gasteiger partial charge in [-0.2, -0.15) is 16.9 Å². The van der Waals surface area contributed by atoms with E-state index in [4.69, 9.17) is 0 Å². The van der Waals surface area contributed by atoms with Crippen molar-refractivity contribution in [2.45, 2.75) is 25.6 Å². The van der Waals surface area contributed by atoms with Gasteiger partial charge in [-0.1, -0.05) is 13.8 Å². The summed E-state index contributed by atoms with van der Waals surface area (Å²) in [5.41, 5.74) is 1.18. The van der Waals surface area contributed by atoms with Gasteiger partial charge in [0.2, 0.25) is 0 Å². The van der Waals surface area contributed by atoms with Crippen molar-refractivity contribution in [3.05, 3.63) is 18.0 Å². The highest BCUT2D eigenvalue weighted by Crippen LogP contribution is 2.24. The van der Waals surface area contributed by atoms with Crippen LogP contribution in [-0.4, -0.2) is 51.8 Å². The Labute approximate surface area is 125 Å². The Kier molecular flexibility index (Phi) is 5.34. The Morgan fingerprint density at radius 3 is 3.00 bits per heavy atom. The number of nitrogens with zero attached hydrogens (tertiary/aromatic N) is 4. The molecule has 6 heteroatoms. The van der Waals surface area contributed by atoms with Crippen molar-refractivity contribution >= 4 is 17.7 Å². The van der Waals surface area contributed by atoms with E-state index in [1.807, 2.05) is 31.2 Å². The fourth-order valence-corrected chi connectivity index (χ4v) is 3.65. The molecule has 1 N–H and O–H groups in total. The number of aromatic nitrogens is 2. The van der Waals surface area contributed by atoms with Crippen LogP contribution in [0.1, 0.15) is 19.4 Å². The molecule has 0 aromatic carbocycles. The van der Waals surface area contributed by atoms with Gasteiger partial charge in [-0.05, 0) is 5.92 Å². The van der Waals surface area contributed by atoms with Gasteiger partial charge in [0.1, 0.15) is 0 Å². The van der Waals surface area contributed by atoms with Gasteiger partial charge < -0.3 is 10.2 Å². The van der Waals surface area contributed by atoms with E-state index < -0.39 is 0 Å². The standard InChI is InChI=1S/C14H25N5S/c1-11(2)13-10-19(5-6-20-13)14(15-3)16-7-12-8-17-18(4)9-12/h8-9,11,13H,5-7,10H2,1-4H3,(H,15,16). The van der Waals surface area contributed by atoms with Gasteiger partial charge in [0, 0.05) is 56.5 Å². The molecule has 0 bridgehead atoms. The topological polar surface area (TPSA) is 45.5 Å². The van der Waals surface area contributed by atoms with Crippen LogP contribution in [0, 0.1) is 5.92 Å². The molecule has 1 aliphatic heterocycles.